The number of hydrazine groups is 1. The van der Waals surface area contributed by atoms with Crippen molar-refractivity contribution >= 4 is 23.8 Å². The van der Waals surface area contributed by atoms with E-state index in [0.717, 1.165) is 16.7 Å². The lowest BCUT2D eigenvalue weighted by Crippen LogP contribution is -2.66. The van der Waals surface area contributed by atoms with E-state index < -0.39 is 29.4 Å². The SMILES string of the molecule is CC(C)[C@@]1(C)NC(=O)[C@@H](Cc2ccc(ON)cc2)N(N)CCOc2ccccc2/C=C/CNC(=O)[C@H](Cc2ccccc2)NC1=O. The first-order valence-electron chi connectivity index (χ1n) is 15.4. The van der Waals surface area contributed by atoms with Gasteiger partial charge in [0.25, 0.3) is 0 Å². The van der Waals surface area contributed by atoms with Gasteiger partial charge in [-0.05, 0) is 48.6 Å². The maximum Gasteiger partial charge on any atom is 0.246 e. The Hall–Kier alpha value is -4.71. The highest BCUT2D eigenvalue weighted by atomic mass is 16.6. The average molecular weight is 629 g/mol. The maximum atomic E-state index is 14.1. The van der Waals surface area contributed by atoms with E-state index in [2.05, 4.69) is 16.0 Å². The van der Waals surface area contributed by atoms with Crippen LogP contribution in [0, 0.1) is 5.92 Å². The van der Waals surface area contributed by atoms with Gasteiger partial charge in [0.15, 0.2) is 0 Å². The minimum atomic E-state index is -1.37. The molecule has 0 aromatic heterocycles. The van der Waals surface area contributed by atoms with Gasteiger partial charge in [0, 0.05) is 25.1 Å². The monoisotopic (exact) mass is 628 g/mol. The molecule has 4 rings (SSSR count). The van der Waals surface area contributed by atoms with E-state index in [1.54, 1.807) is 31.2 Å². The summed E-state index contributed by atoms with van der Waals surface area (Å²) < 4.78 is 6.08. The van der Waals surface area contributed by atoms with Crippen molar-refractivity contribution in [3.63, 3.8) is 0 Å². The Morgan fingerprint density at radius 1 is 0.935 bits per heavy atom. The van der Waals surface area contributed by atoms with E-state index in [1.807, 2.05) is 80.6 Å². The van der Waals surface area contributed by atoms with Gasteiger partial charge < -0.3 is 25.5 Å². The summed E-state index contributed by atoms with van der Waals surface area (Å²) in [5.74, 6) is 11.3. The van der Waals surface area contributed by atoms with E-state index in [0.29, 0.717) is 11.5 Å². The summed E-state index contributed by atoms with van der Waals surface area (Å²) in [6, 6.07) is 22.2. The lowest BCUT2D eigenvalue weighted by Gasteiger charge is -2.37. The number of nitrogens with zero attached hydrogens (tertiary/aromatic N) is 1. The van der Waals surface area contributed by atoms with Gasteiger partial charge in [0.2, 0.25) is 17.7 Å². The molecule has 0 aliphatic carbocycles. The molecule has 46 heavy (non-hydrogen) atoms. The first kappa shape index (κ1) is 34.2. The molecule has 3 atom stereocenters. The molecule has 11 nitrogen and oxygen atoms in total. The molecule has 3 amide bonds. The van der Waals surface area contributed by atoms with Crippen LogP contribution in [-0.4, -0.2) is 60.0 Å². The molecule has 0 radical (unpaired) electrons. The standard InChI is InChI=1S/C35H44N6O5/c1-24(2)35(3)34(44)39-29(22-25-10-5-4-6-11-25)32(42)38-19-9-13-27-12-7-8-14-31(27)45-21-20-41(36)30(33(43)40-35)23-26-15-17-28(46-37)18-16-26/h4-18,24,29-30H,19-23,36-37H2,1-3H3,(H,38,42)(H,39,44)(H,40,43)/b13-9+/t29-,30+,35+/m0/s1. The van der Waals surface area contributed by atoms with Gasteiger partial charge in [0.1, 0.15) is 35.7 Å². The second-order valence-corrected chi connectivity index (χ2v) is 11.8. The van der Waals surface area contributed by atoms with E-state index in [-0.39, 0.29) is 44.4 Å². The van der Waals surface area contributed by atoms with Crippen molar-refractivity contribution in [2.75, 3.05) is 19.7 Å². The molecule has 0 spiro atoms. The van der Waals surface area contributed by atoms with Crippen LogP contribution in [0.2, 0.25) is 0 Å². The van der Waals surface area contributed by atoms with Gasteiger partial charge in [-0.15, -0.1) is 0 Å². The van der Waals surface area contributed by atoms with Crippen molar-refractivity contribution in [1.82, 2.24) is 21.0 Å². The predicted octanol–water partition coefficient (Wildman–Crippen LogP) is 2.51. The minimum absolute atomic E-state index is 0.199. The third-order valence-electron chi connectivity index (χ3n) is 8.32. The topological polar surface area (TPSA) is 161 Å². The number of amides is 3. The highest BCUT2D eigenvalue weighted by Gasteiger charge is 2.42. The summed E-state index contributed by atoms with van der Waals surface area (Å²) in [5.41, 5.74) is 1.14. The Bertz CT molecular complexity index is 1500. The molecule has 11 heteroatoms. The number of carbonyl (C=O) groups is 3. The third kappa shape index (κ3) is 8.94. The summed E-state index contributed by atoms with van der Waals surface area (Å²) in [4.78, 5) is 46.3. The average Bonchev–Trinajstić information content (AvgIpc) is 3.05. The Morgan fingerprint density at radius 2 is 1.61 bits per heavy atom. The van der Waals surface area contributed by atoms with Crippen LogP contribution in [0.4, 0.5) is 0 Å². The zero-order valence-electron chi connectivity index (χ0n) is 26.6. The molecule has 1 aliphatic rings. The van der Waals surface area contributed by atoms with Crippen LogP contribution in [0.5, 0.6) is 11.5 Å². The van der Waals surface area contributed by atoms with Crippen LogP contribution in [0.1, 0.15) is 37.5 Å². The summed E-state index contributed by atoms with van der Waals surface area (Å²) in [6.07, 6.45) is 4.20. The minimum Gasteiger partial charge on any atom is -0.492 e. The third-order valence-corrected chi connectivity index (χ3v) is 8.32. The number of nitrogens with two attached hydrogens (primary N) is 2. The van der Waals surface area contributed by atoms with Gasteiger partial charge in [-0.1, -0.05) is 86.7 Å². The van der Waals surface area contributed by atoms with Crippen LogP contribution in [0.15, 0.2) is 84.9 Å². The number of nitrogens with one attached hydrogen (secondary N) is 3. The fourth-order valence-corrected chi connectivity index (χ4v) is 5.09. The number of carbonyl (C=O) groups excluding carboxylic acids is 3. The van der Waals surface area contributed by atoms with Crippen LogP contribution < -0.4 is 37.3 Å². The normalized spacial score (nSPS) is 22.7. The molecule has 0 bridgehead atoms. The first-order chi connectivity index (χ1) is 22.1. The molecule has 0 saturated heterocycles. The summed E-state index contributed by atoms with van der Waals surface area (Å²) in [7, 11) is 0. The Kier molecular flexibility index (Phi) is 11.9. The van der Waals surface area contributed by atoms with E-state index >= 15 is 0 Å². The zero-order chi connectivity index (χ0) is 33.1. The van der Waals surface area contributed by atoms with Gasteiger partial charge in [-0.2, -0.15) is 5.90 Å². The van der Waals surface area contributed by atoms with Crippen LogP contribution >= 0.6 is 0 Å². The van der Waals surface area contributed by atoms with Crippen molar-refractivity contribution < 1.29 is 24.0 Å². The molecule has 0 unspecified atom stereocenters. The molecular formula is C35H44N6O5. The predicted molar refractivity (Wildman–Crippen MR) is 177 cm³/mol. The quantitative estimate of drug-likeness (QED) is 0.206. The van der Waals surface area contributed by atoms with Gasteiger partial charge in [0.05, 0.1) is 0 Å². The highest BCUT2D eigenvalue weighted by Crippen LogP contribution is 2.22. The number of ether oxygens (including phenoxy) is 1. The molecular weight excluding hydrogens is 584 g/mol. The fourth-order valence-electron chi connectivity index (χ4n) is 5.09. The Labute approximate surface area is 270 Å². The van der Waals surface area contributed by atoms with Crippen molar-refractivity contribution in [3.8, 4) is 11.5 Å². The molecule has 1 heterocycles. The van der Waals surface area contributed by atoms with E-state index in [4.69, 9.17) is 21.3 Å². The lowest BCUT2D eigenvalue weighted by molar-refractivity contribution is -0.139. The number of rotatable bonds is 6. The maximum absolute atomic E-state index is 14.1. The van der Waals surface area contributed by atoms with E-state index in [1.165, 1.54) is 5.01 Å². The molecule has 3 aromatic rings. The fraction of sp³-hybridized carbons (Fsp3) is 0.343. The highest BCUT2D eigenvalue weighted by molar-refractivity contribution is 5.96. The number of fused-ring (bicyclic) bond motifs is 1. The second kappa shape index (κ2) is 16.0. The Morgan fingerprint density at radius 3 is 2.30 bits per heavy atom. The number of benzene rings is 3. The number of hydrogen-bond donors (Lipinski definition) is 5. The van der Waals surface area contributed by atoms with Crippen LogP contribution in [-0.2, 0) is 27.2 Å². The number of para-hydroxylation sites is 1. The largest absolute Gasteiger partial charge is 0.492 e. The van der Waals surface area contributed by atoms with Gasteiger partial charge in [-0.3, -0.25) is 20.2 Å². The van der Waals surface area contributed by atoms with Gasteiger partial charge in [-0.25, -0.2) is 5.01 Å². The smallest absolute Gasteiger partial charge is 0.246 e. The van der Waals surface area contributed by atoms with Crippen LogP contribution in [0.25, 0.3) is 6.08 Å². The van der Waals surface area contributed by atoms with Crippen LogP contribution in [0.3, 0.4) is 0 Å². The van der Waals surface area contributed by atoms with Crippen molar-refractivity contribution in [3.05, 3.63) is 102 Å². The van der Waals surface area contributed by atoms with E-state index in [9.17, 15) is 14.4 Å². The van der Waals surface area contributed by atoms with Crippen molar-refractivity contribution in [2.24, 2.45) is 17.7 Å². The molecule has 7 N–H and O–H groups in total. The molecule has 244 valence electrons. The lowest BCUT2D eigenvalue weighted by atomic mass is 9.86. The van der Waals surface area contributed by atoms with Gasteiger partial charge >= 0.3 is 0 Å². The second-order valence-electron chi connectivity index (χ2n) is 11.8. The summed E-state index contributed by atoms with van der Waals surface area (Å²) in [6.45, 7) is 6.01. The van der Waals surface area contributed by atoms with Crippen molar-refractivity contribution in [2.45, 2.75) is 51.2 Å². The summed E-state index contributed by atoms with van der Waals surface area (Å²) >= 11 is 0. The molecule has 0 saturated carbocycles. The first-order valence-corrected chi connectivity index (χ1v) is 15.4. The molecule has 1 aliphatic heterocycles. The van der Waals surface area contributed by atoms with Crippen molar-refractivity contribution in [1.29, 1.82) is 0 Å². The zero-order valence-corrected chi connectivity index (χ0v) is 26.6. The molecule has 3 aromatic carbocycles. The Balaban J connectivity index is 1.69. The summed E-state index contributed by atoms with van der Waals surface area (Å²) in [5, 5.41) is 10.3. The molecule has 0 fully saturated rings. The number of hydrogen-bond acceptors (Lipinski definition) is 8.